The van der Waals surface area contributed by atoms with Gasteiger partial charge in [0.05, 0.1) is 0 Å². The van der Waals surface area contributed by atoms with Crippen LogP contribution in [-0.4, -0.2) is 13.2 Å². The second-order valence-electron chi connectivity index (χ2n) is 2.81. The standard InChI is InChI=1S/C9H9ClF3N/c1-14-8(9(11,12)13)6-2-4-7(10)5-3-6/h2-5,8,14H,1H3/t8-/m0/s1. The fraction of sp³-hybridized carbons (Fsp3) is 0.333. The van der Waals surface area contributed by atoms with Crippen molar-refractivity contribution in [3.05, 3.63) is 34.9 Å². The molecule has 0 bridgehead atoms. The zero-order valence-corrected chi connectivity index (χ0v) is 8.15. The van der Waals surface area contributed by atoms with E-state index in [-0.39, 0.29) is 5.56 Å². The molecule has 0 saturated heterocycles. The molecule has 1 atom stereocenters. The maximum atomic E-state index is 12.4. The van der Waals surface area contributed by atoms with E-state index >= 15 is 0 Å². The van der Waals surface area contributed by atoms with Crippen molar-refractivity contribution in [2.75, 3.05) is 7.05 Å². The Morgan fingerprint density at radius 2 is 1.71 bits per heavy atom. The lowest BCUT2D eigenvalue weighted by Crippen LogP contribution is -2.31. The minimum absolute atomic E-state index is 0.157. The largest absolute Gasteiger partial charge is 0.407 e. The number of benzene rings is 1. The Hall–Kier alpha value is -0.740. The number of hydrogen-bond donors (Lipinski definition) is 1. The van der Waals surface area contributed by atoms with Gasteiger partial charge in [0.25, 0.3) is 0 Å². The van der Waals surface area contributed by atoms with Gasteiger partial charge in [0, 0.05) is 5.02 Å². The molecule has 0 amide bonds. The van der Waals surface area contributed by atoms with Crippen LogP contribution in [0.25, 0.3) is 0 Å². The first-order valence-corrected chi connectivity index (χ1v) is 4.32. The molecule has 1 N–H and O–H groups in total. The molecule has 14 heavy (non-hydrogen) atoms. The second-order valence-corrected chi connectivity index (χ2v) is 3.25. The molecule has 0 spiro atoms. The van der Waals surface area contributed by atoms with Crippen LogP contribution in [0.1, 0.15) is 11.6 Å². The molecule has 0 aliphatic heterocycles. The third kappa shape index (κ3) is 2.62. The van der Waals surface area contributed by atoms with Crippen molar-refractivity contribution in [3.63, 3.8) is 0 Å². The van der Waals surface area contributed by atoms with Crippen LogP contribution >= 0.6 is 11.6 Å². The summed E-state index contributed by atoms with van der Waals surface area (Å²) in [5.41, 5.74) is 0.157. The molecule has 78 valence electrons. The number of halogens is 4. The average molecular weight is 224 g/mol. The smallest absolute Gasteiger partial charge is 0.306 e. The SMILES string of the molecule is CN[C@@H](c1ccc(Cl)cc1)C(F)(F)F. The highest BCUT2D eigenvalue weighted by molar-refractivity contribution is 6.30. The van der Waals surface area contributed by atoms with E-state index < -0.39 is 12.2 Å². The summed E-state index contributed by atoms with van der Waals surface area (Å²) >= 11 is 5.57. The fourth-order valence-electron chi connectivity index (χ4n) is 1.17. The first-order valence-electron chi connectivity index (χ1n) is 3.94. The summed E-state index contributed by atoms with van der Waals surface area (Å²) in [7, 11) is 1.27. The molecule has 0 heterocycles. The van der Waals surface area contributed by atoms with Crippen molar-refractivity contribution in [1.82, 2.24) is 5.32 Å². The van der Waals surface area contributed by atoms with E-state index in [0.717, 1.165) is 0 Å². The normalized spacial score (nSPS) is 14.1. The van der Waals surface area contributed by atoms with Gasteiger partial charge >= 0.3 is 6.18 Å². The van der Waals surface area contributed by atoms with Crippen LogP contribution in [0.15, 0.2) is 24.3 Å². The van der Waals surface area contributed by atoms with Gasteiger partial charge in [-0.05, 0) is 24.7 Å². The van der Waals surface area contributed by atoms with Crippen LogP contribution in [0, 0.1) is 0 Å². The van der Waals surface area contributed by atoms with Gasteiger partial charge < -0.3 is 5.32 Å². The highest BCUT2D eigenvalue weighted by Gasteiger charge is 2.39. The van der Waals surface area contributed by atoms with Gasteiger partial charge in [-0.25, -0.2) is 0 Å². The highest BCUT2D eigenvalue weighted by atomic mass is 35.5. The number of nitrogens with one attached hydrogen (secondary N) is 1. The van der Waals surface area contributed by atoms with Crippen LogP contribution < -0.4 is 5.32 Å². The molecule has 0 saturated carbocycles. The predicted octanol–water partition coefficient (Wildman–Crippen LogP) is 3.16. The molecule has 0 aliphatic rings. The Balaban J connectivity index is 2.96. The number of rotatable bonds is 2. The van der Waals surface area contributed by atoms with Gasteiger partial charge in [-0.3, -0.25) is 0 Å². The van der Waals surface area contributed by atoms with Gasteiger partial charge in [-0.15, -0.1) is 0 Å². The minimum Gasteiger partial charge on any atom is -0.306 e. The second kappa shape index (κ2) is 4.19. The zero-order valence-electron chi connectivity index (χ0n) is 7.40. The Bertz CT molecular complexity index is 294. The Morgan fingerprint density at radius 1 is 1.21 bits per heavy atom. The lowest BCUT2D eigenvalue weighted by atomic mass is 10.1. The van der Waals surface area contributed by atoms with E-state index in [9.17, 15) is 13.2 Å². The van der Waals surface area contributed by atoms with E-state index in [4.69, 9.17) is 11.6 Å². The van der Waals surface area contributed by atoms with Crippen LogP contribution in [0.4, 0.5) is 13.2 Å². The molecule has 0 unspecified atom stereocenters. The molecular formula is C9H9ClF3N. The van der Waals surface area contributed by atoms with Crippen molar-refractivity contribution in [3.8, 4) is 0 Å². The molecule has 1 aromatic rings. The summed E-state index contributed by atoms with van der Waals surface area (Å²) in [5.74, 6) is 0. The van der Waals surface area contributed by atoms with Crippen molar-refractivity contribution in [2.24, 2.45) is 0 Å². The first kappa shape index (κ1) is 11.3. The molecule has 1 rings (SSSR count). The maximum absolute atomic E-state index is 12.4. The van der Waals surface area contributed by atoms with Crippen LogP contribution in [-0.2, 0) is 0 Å². The Morgan fingerprint density at radius 3 is 2.07 bits per heavy atom. The van der Waals surface area contributed by atoms with Crippen molar-refractivity contribution >= 4 is 11.6 Å². The summed E-state index contributed by atoms with van der Waals surface area (Å²) in [4.78, 5) is 0. The predicted molar refractivity (Wildman–Crippen MR) is 49.3 cm³/mol. The van der Waals surface area contributed by atoms with E-state index in [2.05, 4.69) is 5.32 Å². The van der Waals surface area contributed by atoms with Crippen molar-refractivity contribution in [1.29, 1.82) is 0 Å². The summed E-state index contributed by atoms with van der Waals surface area (Å²) in [6.45, 7) is 0. The molecule has 1 nitrogen and oxygen atoms in total. The van der Waals surface area contributed by atoms with Crippen LogP contribution in [0.5, 0.6) is 0 Å². The van der Waals surface area contributed by atoms with Gasteiger partial charge in [-0.1, -0.05) is 23.7 Å². The zero-order chi connectivity index (χ0) is 10.8. The van der Waals surface area contributed by atoms with Crippen molar-refractivity contribution < 1.29 is 13.2 Å². The van der Waals surface area contributed by atoms with E-state index in [0.29, 0.717) is 5.02 Å². The molecule has 0 aromatic heterocycles. The lowest BCUT2D eigenvalue weighted by molar-refractivity contribution is -0.156. The third-order valence-electron chi connectivity index (χ3n) is 1.82. The average Bonchev–Trinajstić information content (AvgIpc) is 2.07. The molecule has 0 radical (unpaired) electrons. The van der Waals surface area contributed by atoms with Gasteiger partial charge in [0.1, 0.15) is 6.04 Å². The highest BCUT2D eigenvalue weighted by Crippen LogP contribution is 2.32. The Kier molecular flexibility index (Phi) is 3.39. The van der Waals surface area contributed by atoms with Crippen LogP contribution in [0.2, 0.25) is 5.02 Å². The van der Waals surface area contributed by atoms with E-state index in [1.807, 2.05) is 0 Å². The summed E-state index contributed by atoms with van der Waals surface area (Å²) in [6.07, 6.45) is -4.29. The van der Waals surface area contributed by atoms with Crippen LogP contribution in [0.3, 0.4) is 0 Å². The van der Waals surface area contributed by atoms with E-state index in [1.54, 1.807) is 0 Å². The lowest BCUT2D eigenvalue weighted by Gasteiger charge is -2.19. The van der Waals surface area contributed by atoms with Gasteiger partial charge in [0.15, 0.2) is 0 Å². The molecule has 0 aliphatic carbocycles. The molecule has 0 fully saturated rings. The maximum Gasteiger partial charge on any atom is 0.407 e. The Labute approximate surface area is 84.9 Å². The molecular weight excluding hydrogens is 215 g/mol. The van der Waals surface area contributed by atoms with Gasteiger partial charge in [0.2, 0.25) is 0 Å². The topological polar surface area (TPSA) is 12.0 Å². The molecule has 5 heteroatoms. The first-order chi connectivity index (χ1) is 6.45. The van der Waals surface area contributed by atoms with Crippen molar-refractivity contribution in [2.45, 2.75) is 12.2 Å². The fourth-order valence-corrected chi connectivity index (χ4v) is 1.30. The number of hydrogen-bond acceptors (Lipinski definition) is 1. The van der Waals surface area contributed by atoms with Gasteiger partial charge in [-0.2, -0.15) is 13.2 Å². The summed E-state index contributed by atoms with van der Waals surface area (Å²) in [5, 5.41) is 2.63. The number of alkyl halides is 3. The quantitative estimate of drug-likeness (QED) is 0.812. The minimum atomic E-state index is -4.29. The molecule has 1 aromatic carbocycles. The third-order valence-corrected chi connectivity index (χ3v) is 2.07. The summed E-state index contributed by atoms with van der Waals surface area (Å²) in [6, 6.07) is 3.95. The monoisotopic (exact) mass is 223 g/mol. The summed E-state index contributed by atoms with van der Waals surface area (Å²) < 4.78 is 37.2. The van der Waals surface area contributed by atoms with E-state index in [1.165, 1.54) is 31.3 Å².